The fourth-order valence-corrected chi connectivity index (χ4v) is 0.965. The van der Waals surface area contributed by atoms with Crippen molar-refractivity contribution in [2.24, 2.45) is 7.05 Å². The molecule has 2 heterocycles. The molecule has 70 valence electrons. The predicted molar refractivity (Wildman–Crippen MR) is 45.6 cm³/mol. The Bertz CT molecular complexity index is 504. The Kier molecular flexibility index (Phi) is 1.68. The van der Waals surface area contributed by atoms with E-state index in [9.17, 15) is 0 Å². The second kappa shape index (κ2) is 2.85. The number of hydrogen-bond donors (Lipinski definition) is 1. The van der Waals surface area contributed by atoms with Gasteiger partial charge in [0.2, 0.25) is 11.6 Å². The van der Waals surface area contributed by atoms with Gasteiger partial charge in [-0.15, -0.1) is 5.10 Å². The molecule has 7 nitrogen and oxygen atoms in total. The van der Waals surface area contributed by atoms with Crippen molar-refractivity contribution in [1.29, 1.82) is 5.26 Å². The van der Waals surface area contributed by atoms with Crippen LogP contribution >= 0.6 is 0 Å². The predicted octanol–water partition coefficient (Wildman–Crippen LogP) is -0.0760. The Morgan fingerprint density at radius 3 is 2.93 bits per heavy atom. The molecule has 0 saturated heterocycles. The molecule has 2 aromatic rings. The summed E-state index contributed by atoms with van der Waals surface area (Å²) in [6.45, 7) is 0. The summed E-state index contributed by atoms with van der Waals surface area (Å²) in [6.07, 6.45) is 1.48. The van der Waals surface area contributed by atoms with E-state index in [-0.39, 0.29) is 17.5 Å². The molecule has 7 heteroatoms. The third kappa shape index (κ3) is 1.19. The Morgan fingerprint density at radius 2 is 2.43 bits per heavy atom. The first-order valence-electron chi connectivity index (χ1n) is 3.74. The molecule has 0 amide bonds. The molecule has 0 aliphatic carbocycles. The zero-order chi connectivity index (χ0) is 10.1. The van der Waals surface area contributed by atoms with Crippen LogP contribution in [-0.2, 0) is 7.05 Å². The summed E-state index contributed by atoms with van der Waals surface area (Å²) < 4.78 is 5.03. The van der Waals surface area contributed by atoms with Gasteiger partial charge in [-0.25, -0.2) is 0 Å². The topological polar surface area (TPSA) is 107 Å². The fraction of sp³-hybridized carbons (Fsp3) is 0.143. The molecule has 0 atom stereocenters. The number of aryl methyl sites for hydroxylation is 1. The summed E-state index contributed by atoms with van der Waals surface area (Å²) >= 11 is 0. The van der Waals surface area contributed by atoms with Crippen LogP contribution in [0.5, 0.6) is 0 Å². The highest BCUT2D eigenvalue weighted by atomic mass is 16.4. The molecule has 2 rings (SSSR count). The maximum absolute atomic E-state index is 8.59. The van der Waals surface area contributed by atoms with Crippen molar-refractivity contribution in [3.63, 3.8) is 0 Å². The van der Waals surface area contributed by atoms with Gasteiger partial charge in [0.05, 0.1) is 6.20 Å². The molecule has 0 saturated carbocycles. The van der Waals surface area contributed by atoms with Crippen LogP contribution in [0.1, 0.15) is 5.69 Å². The standard InChI is InChI=1S/C7H6N6O/c1-13-10-3-5(12-13)7-11-4(2-8)6(9)14-7/h3H,9H2,1H3. The Labute approximate surface area is 78.8 Å². The van der Waals surface area contributed by atoms with Gasteiger partial charge >= 0.3 is 0 Å². The first-order chi connectivity index (χ1) is 6.70. The number of oxazole rings is 1. The number of hydrogen-bond acceptors (Lipinski definition) is 6. The van der Waals surface area contributed by atoms with Gasteiger partial charge in [0, 0.05) is 7.05 Å². The highest BCUT2D eigenvalue weighted by molar-refractivity contribution is 5.52. The van der Waals surface area contributed by atoms with Crippen LogP contribution in [0, 0.1) is 11.3 Å². The first-order valence-corrected chi connectivity index (χ1v) is 3.74. The van der Waals surface area contributed by atoms with Crippen LogP contribution in [-0.4, -0.2) is 20.0 Å². The van der Waals surface area contributed by atoms with Crippen molar-refractivity contribution in [2.45, 2.75) is 0 Å². The molecule has 0 aliphatic heterocycles. The lowest BCUT2D eigenvalue weighted by Gasteiger charge is -1.84. The number of rotatable bonds is 1. The molecule has 0 unspecified atom stereocenters. The first kappa shape index (κ1) is 8.25. The minimum Gasteiger partial charge on any atom is -0.418 e. The van der Waals surface area contributed by atoms with Crippen LogP contribution in [0.2, 0.25) is 0 Å². The monoisotopic (exact) mass is 190 g/mol. The number of nitriles is 1. The lowest BCUT2D eigenvalue weighted by molar-refractivity contribution is 0.586. The van der Waals surface area contributed by atoms with Gasteiger partial charge in [-0.2, -0.15) is 20.1 Å². The van der Waals surface area contributed by atoms with E-state index in [4.69, 9.17) is 15.4 Å². The van der Waals surface area contributed by atoms with E-state index in [2.05, 4.69) is 15.2 Å². The average molecular weight is 190 g/mol. The van der Waals surface area contributed by atoms with Gasteiger partial charge in [0.1, 0.15) is 6.07 Å². The zero-order valence-corrected chi connectivity index (χ0v) is 7.30. The van der Waals surface area contributed by atoms with E-state index < -0.39 is 0 Å². The quantitative estimate of drug-likeness (QED) is 0.674. The van der Waals surface area contributed by atoms with Crippen LogP contribution < -0.4 is 5.73 Å². The summed E-state index contributed by atoms with van der Waals surface area (Å²) in [5, 5.41) is 16.4. The van der Waals surface area contributed by atoms with Gasteiger partial charge in [-0.3, -0.25) is 0 Å². The van der Waals surface area contributed by atoms with Gasteiger partial charge < -0.3 is 10.2 Å². The van der Waals surface area contributed by atoms with Crippen LogP contribution in [0.15, 0.2) is 10.6 Å². The number of anilines is 1. The van der Waals surface area contributed by atoms with Crippen LogP contribution in [0.25, 0.3) is 11.6 Å². The molecule has 2 N–H and O–H groups in total. The average Bonchev–Trinajstić information content (AvgIpc) is 2.71. The fourth-order valence-electron chi connectivity index (χ4n) is 0.965. The van der Waals surface area contributed by atoms with E-state index >= 15 is 0 Å². The molecule has 0 spiro atoms. The van der Waals surface area contributed by atoms with Gasteiger partial charge in [-0.1, -0.05) is 0 Å². The largest absolute Gasteiger partial charge is 0.418 e. The van der Waals surface area contributed by atoms with Crippen molar-refractivity contribution >= 4 is 5.88 Å². The van der Waals surface area contributed by atoms with Crippen LogP contribution in [0.4, 0.5) is 5.88 Å². The summed E-state index contributed by atoms with van der Waals surface area (Å²) in [5.74, 6) is 0.195. The third-order valence-electron chi connectivity index (χ3n) is 1.58. The van der Waals surface area contributed by atoms with Gasteiger partial charge in [0.15, 0.2) is 5.69 Å². The Morgan fingerprint density at radius 1 is 1.64 bits per heavy atom. The van der Waals surface area contributed by atoms with Crippen molar-refractivity contribution in [3.8, 4) is 17.7 Å². The molecule has 0 bridgehead atoms. The molecular weight excluding hydrogens is 184 g/mol. The van der Waals surface area contributed by atoms with Crippen molar-refractivity contribution in [3.05, 3.63) is 11.9 Å². The minimum atomic E-state index is -0.00634. The normalized spacial score (nSPS) is 10.0. The smallest absolute Gasteiger partial charge is 0.252 e. The third-order valence-corrected chi connectivity index (χ3v) is 1.58. The van der Waals surface area contributed by atoms with Gasteiger partial charge in [-0.05, 0) is 0 Å². The highest BCUT2D eigenvalue weighted by Crippen LogP contribution is 2.20. The molecule has 14 heavy (non-hydrogen) atoms. The maximum atomic E-state index is 8.59. The van der Waals surface area contributed by atoms with Crippen LogP contribution in [0.3, 0.4) is 0 Å². The zero-order valence-electron chi connectivity index (χ0n) is 7.30. The minimum absolute atomic E-state index is 0.00634. The number of nitrogen functional groups attached to an aromatic ring is 1. The highest BCUT2D eigenvalue weighted by Gasteiger charge is 2.13. The molecule has 2 aromatic heterocycles. The van der Waals surface area contributed by atoms with Crippen molar-refractivity contribution in [1.82, 2.24) is 20.0 Å². The van der Waals surface area contributed by atoms with E-state index in [1.165, 1.54) is 11.0 Å². The maximum Gasteiger partial charge on any atom is 0.252 e. The van der Waals surface area contributed by atoms with E-state index in [1.807, 2.05) is 6.07 Å². The molecule has 0 aromatic carbocycles. The summed E-state index contributed by atoms with van der Waals surface area (Å²) in [6, 6.07) is 1.81. The Balaban J connectivity index is 2.48. The number of aromatic nitrogens is 4. The molecule has 0 radical (unpaired) electrons. The summed E-state index contributed by atoms with van der Waals surface area (Å²) in [5.41, 5.74) is 5.90. The summed E-state index contributed by atoms with van der Waals surface area (Å²) in [7, 11) is 1.67. The summed E-state index contributed by atoms with van der Waals surface area (Å²) in [4.78, 5) is 5.21. The SMILES string of the molecule is Cn1ncc(-c2nc(C#N)c(N)o2)n1. The number of nitrogens with zero attached hydrogens (tertiary/aromatic N) is 5. The number of nitrogens with two attached hydrogens (primary N) is 1. The lowest BCUT2D eigenvalue weighted by Crippen LogP contribution is -1.91. The second-order valence-corrected chi connectivity index (χ2v) is 2.56. The van der Waals surface area contributed by atoms with E-state index in [1.54, 1.807) is 7.05 Å². The van der Waals surface area contributed by atoms with Crippen molar-refractivity contribution < 1.29 is 4.42 Å². The molecule has 0 fully saturated rings. The second-order valence-electron chi connectivity index (χ2n) is 2.56. The van der Waals surface area contributed by atoms with E-state index in [0.29, 0.717) is 5.69 Å². The van der Waals surface area contributed by atoms with Gasteiger partial charge in [0.25, 0.3) is 5.89 Å². The molecule has 0 aliphatic rings. The molecular formula is C7H6N6O. The Hall–Kier alpha value is -2.36. The lowest BCUT2D eigenvalue weighted by atomic mass is 10.5. The van der Waals surface area contributed by atoms with E-state index in [0.717, 1.165) is 0 Å². The van der Waals surface area contributed by atoms with Crippen molar-refractivity contribution in [2.75, 3.05) is 5.73 Å².